The van der Waals surface area contributed by atoms with Crippen molar-refractivity contribution in [1.29, 1.82) is 0 Å². The highest BCUT2D eigenvalue weighted by Crippen LogP contribution is 2.37. The summed E-state index contributed by atoms with van der Waals surface area (Å²) in [6.07, 6.45) is 0.190. The van der Waals surface area contributed by atoms with Crippen molar-refractivity contribution in [2.75, 3.05) is 6.61 Å². The first-order valence-corrected chi connectivity index (χ1v) is 12.3. The minimum atomic E-state index is -4.31. The van der Waals surface area contributed by atoms with Gasteiger partial charge in [0.25, 0.3) is 6.47 Å². The molecule has 3 nitrogen and oxygen atoms in total. The summed E-state index contributed by atoms with van der Waals surface area (Å²) in [7, 11) is 0. The molecule has 0 radical (unpaired) electrons. The average molecular weight is 549 g/mol. The molecule has 0 N–H and O–H groups in total. The smallest absolute Gasteiger partial charge is 0.416 e. The molecule has 2 atom stereocenters. The molecule has 3 aromatic rings. The van der Waals surface area contributed by atoms with Crippen LogP contribution in [0, 0.1) is 5.92 Å². The molecule has 2 unspecified atom stereocenters. The van der Waals surface area contributed by atoms with Gasteiger partial charge in [-0.1, -0.05) is 64.8 Å². The molecule has 0 heterocycles. The predicted octanol–water partition coefficient (Wildman–Crippen LogP) is 8.18. The zero-order chi connectivity index (χ0) is 25.1. The zero-order valence-corrected chi connectivity index (χ0v) is 20.8. The largest absolute Gasteiger partial charge is 0.493 e. The summed E-state index contributed by atoms with van der Waals surface area (Å²) >= 11 is 3.46. The lowest BCUT2D eigenvalue weighted by molar-refractivity contribution is -0.137. The van der Waals surface area contributed by atoms with Gasteiger partial charge in [-0.3, -0.25) is 4.79 Å². The van der Waals surface area contributed by atoms with E-state index < -0.39 is 11.7 Å². The number of hydrogen-bond donors (Lipinski definition) is 0. The van der Waals surface area contributed by atoms with E-state index in [2.05, 4.69) is 44.9 Å². The number of hydrogen-bond acceptors (Lipinski definition) is 3. The molecule has 0 spiro atoms. The van der Waals surface area contributed by atoms with Gasteiger partial charge in [-0.25, -0.2) is 0 Å². The molecule has 1 aliphatic carbocycles. The molecule has 0 aliphatic heterocycles. The summed E-state index contributed by atoms with van der Waals surface area (Å²) in [5.74, 6) is 1.46. The van der Waals surface area contributed by atoms with Crippen LogP contribution < -0.4 is 4.74 Å². The van der Waals surface area contributed by atoms with Crippen molar-refractivity contribution < 1.29 is 27.4 Å². The zero-order valence-electron chi connectivity index (χ0n) is 19.2. The van der Waals surface area contributed by atoms with Gasteiger partial charge in [-0.05, 0) is 78.6 Å². The Kier molecular flexibility index (Phi) is 10.2. The van der Waals surface area contributed by atoms with Crippen molar-refractivity contribution in [3.63, 3.8) is 0 Å². The fourth-order valence-corrected chi connectivity index (χ4v) is 4.40. The maximum atomic E-state index is 12.6. The van der Waals surface area contributed by atoms with Crippen molar-refractivity contribution in [3.05, 3.63) is 100 Å². The molecule has 35 heavy (non-hydrogen) atoms. The predicted molar refractivity (Wildman–Crippen MR) is 133 cm³/mol. The van der Waals surface area contributed by atoms with Gasteiger partial charge in [0.05, 0.1) is 12.2 Å². The van der Waals surface area contributed by atoms with E-state index in [0.717, 1.165) is 41.4 Å². The first-order valence-electron chi connectivity index (χ1n) is 11.5. The fraction of sp³-hybridized carbons (Fsp3) is 0.321. The molecule has 7 heteroatoms. The number of ether oxygens (including phenoxy) is 2. The monoisotopic (exact) mass is 548 g/mol. The molecule has 0 aromatic heterocycles. The van der Waals surface area contributed by atoms with Crippen molar-refractivity contribution in [2.45, 2.75) is 44.4 Å². The third kappa shape index (κ3) is 9.06. The summed E-state index contributed by atoms with van der Waals surface area (Å²) in [5, 5.41) is 0. The molecular formula is C28H28BrF3O3. The second-order valence-corrected chi connectivity index (χ2v) is 9.42. The van der Waals surface area contributed by atoms with Gasteiger partial charge in [0.15, 0.2) is 0 Å². The van der Waals surface area contributed by atoms with Gasteiger partial charge in [0.2, 0.25) is 0 Å². The molecule has 4 rings (SSSR count). The highest BCUT2D eigenvalue weighted by molar-refractivity contribution is 9.10. The molecule has 3 aromatic carbocycles. The van der Waals surface area contributed by atoms with Gasteiger partial charge < -0.3 is 9.47 Å². The minimum absolute atomic E-state index is 0.365. The van der Waals surface area contributed by atoms with Crippen LogP contribution >= 0.6 is 15.9 Å². The molecule has 0 bridgehead atoms. The van der Waals surface area contributed by atoms with Gasteiger partial charge >= 0.3 is 6.18 Å². The Labute approximate surface area is 212 Å². The number of rotatable bonds is 7. The second kappa shape index (κ2) is 13.3. The van der Waals surface area contributed by atoms with E-state index in [9.17, 15) is 18.0 Å². The van der Waals surface area contributed by atoms with Crippen LogP contribution in [0.25, 0.3) is 0 Å². The van der Waals surface area contributed by atoms with E-state index in [4.69, 9.17) is 4.74 Å². The lowest BCUT2D eigenvalue weighted by Gasteiger charge is -2.29. The number of carbonyl (C=O) groups excluding carboxylic acids is 1. The van der Waals surface area contributed by atoms with E-state index in [0.29, 0.717) is 37.3 Å². The third-order valence-corrected chi connectivity index (χ3v) is 6.48. The third-order valence-electron chi connectivity index (χ3n) is 5.95. The number of carbonyl (C=O) groups is 1. The van der Waals surface area contributed by atoms with E-state index in [-0.39, 0.29) is 0 Å². The molecule has 1 fully saturated rings. The Balaban J connectivity index is 0.000000287. The van der Waals surface area contributed by atoms with Crippen molar-refractivity contribution >= 4 is 22.4 Å². The number of alkyl halides is 3. The SMILES string of the molecule is FC(F)(F)c1ccc(OCC2CCCC(c3ccc(Br)cc3)C2)cc1.O=COCc1ccccc1. The standard InChI is InChI=1S/C20H20BrF3O.C8H8O2/c21-18-8-4-15(5-9-18)16-3-1-2-14(12-16)13-25-19-10-6-17(7-11-19)20(22,23)24;9-7-10-6-8-4-2-1-3-5-8/h4-11,14,16H,1-3,12-13H2;1-5,7H,6H2. The maximum absolute atomic E-state index is 12.6. The molecule has 1 aliphatic rings. The van der Waals surface area contributed by atoms with Crippen LogP contribution in [0.3, 0.4) is 0 Å². The van der Waals surface area contributed by atoms with Crippen LogP contribution in [0.15, 0.2) is 83.3 Å². The van der Waals surface area contributed by atoms with Gasteiger partial charge in [-0.2, -0.15) is 13.2 Å². The van der Waals surface area contributed by atoms with E-state index in [1.807, 2.05) is 30.3 Å². The lowest BCUT2D eigenvalue weighted by Crippen LogP contribution is -2.20. The molecular weight excluding hydrogens is 521 g/mol. The minimum Gasteiger partial charge on any atom is -0.493 e. The quantitative estimate of drug-likeness (QED) is 0.279. The summed E-state index contributed by atoms with van der Waals surface area (Å²) < 4.78 is 49.1. The molecule has 1 saturated carbocycles. The van der Waals surface area contributed by atoms with E-state index in [1.54, 1.807) is 0 Å². The summed E-state index contributed by atoms with van der Waals surface area (Å²) in [5.41, 5.74) is 1.71. The van der Waals surface area contributed by atoms with Crippen LogP contribution in [0.1, 0.15) is 48.3 Å². The second-order valence-electron chi connectivity index (χ2n) is 8.51. The fourth-order valence-electron chi connectivity index (χ4n) is 4.14. The highest BCUT2D eigenvalue weighted by Gasteiger charge is 2.30. The van der Waals surface area contributed by atoms with Gasteiger partial charge in [-0.15, -0.1) is 0 Å². The van der Waals surface area contributed by atoms with E-state index >= 15 is 0 Å². The number of halogens is 4. The lowest BCUT2D eigenvalue weighted by atomic mass is 9.78. The van der Waals surface area contributed by atoms with Crippen LogP contribution in [0.4, 0.5) is 13.2 Å². The van der Waals surface area contributed by atoms with Gasteiger partial charge in [0, 0.05) is 4.47 Å². The van der Waals surface area contributed by atoms with Gasteiger partial charge in [0.1, 0.15) is 12.4 Å². The number of benzene rings is 3. The molecule has 0 amide bonds. The Morgan fingerprint density at radius 1 is 0.914 bits per heavy atom. The first-order chi connectivity index (χ1) is 16.8. The normalized spacial score (nSPS) is 17.6. The van der Waals surface area contributed by atoms with Crippen LogP contribution in [-0.4, -0.2) is 13.1 Å². The summed E-state index contributed by atoms with van der Waals surface area (Å²) in [4.78, 5) is 9.76. The highest BCUT2D eigenvalue weighted by atomic mass is 79.9. The van der Waals surface area contributed by atoms with Crippen molar-refractivity contribution in [2.24, 2.45) is 5.92 Å². The Hall–Kier alpha value is -2.80. The van der Waals surface area contributed by atoms with Crippen LogP contribution in [-0.2, 0) is 22.3 Å². The Morgan fingerprint density at radius 2 is 1.60 bits per heavy atom. The molecule has 0 saturated heterocycles. The van der Waals surface area contributed by atoms with Crippen molar-refractivity contribution in [3.8, 4) is 5.75 Å². The van der Waals surface area contributed by atoms with Crippen molar-refractivity contribution in [1.82, 2.24) is 0 Å². The van der Waals surface area contributed by atoms with Crippen LogP contribution in [0.5, 0.6) is 5.75 Å². The Morgan fingerprint density at radius 3 is 2.23 bits per heavy atom. The summed E-state index contributed by atoms with van der Waals surface area (Å²) in [6, 6.07) is 22.9. The first kappa shape index (κ1) is 26.8. The Bertz CT molecular complexity index is 1020. The average Bonchev–Trinajstić information content (AvgIpc) is 2.87. The summed E-state index contributed by atoms with van der Waals surface area (Å²) in [6.45, 7) is 1.37. The van der Waals surface area contributed by atoms with Crippen LogP contribution in [0.2, 0.25) is 0 Å². The topological polar surface area (TPSA) is 35.5 Å². The maximum Gasteiger partial charge on any atom is 0.416 e. The molecule has 186 valence electrons. The van der Waals surface area contributed by atoms with E-state index in [1.165, 1.54) is 24.1 Å².